The normalized spacial score (nSPS) is 17.3. The van der Waals surface area contributed by atoms with Gasteiger partial charge in [0.2, 0.25) is 0 Å². The predicted octanol–water partition coefficient (Wildman–Crippen LogP) is 3.65. The number of methoxy groups -OCH3 is 1. The molecule has 0 spiro atoms. The molecule has 2 nitrogen and oxygen atoms in total. The molecule has 1 aliphatic carbocycles. The van der Waals surface area contributed by atoms with Crippen molar-refractivity contribution in [3.05, 3.63) is 27.7 Å². The summed E-state index contributed by atoms with van der Waals surface area (Å²) in [5.41, 5.74) is 1.94. The Bertz CT molecular complexity index is 422. The largest absolute Gasteiger partial charge is 0.495 e. The fourth-order valence-electron chi connectivity index (χ4n) is 2.12. The molecule has 1 aliphatic rings. The highest BCUT2D eigenvalue weighted by molar-refractivity contribution is 9.10. The molecule has 1 aromatic rings. The summed E-state index contributed by atoms with van der Waals surface area (Å²) in [7, 11) is 1.69. The van der Waals surface area contributed by atoms with Crippen molar-refractivity contribution < 1.29 is 9.84 Å². The van der Waals surface area contributed by atoms with E-state index in [1.807, 2.05) is 0 Å². The van der Waals surface area contributed by atoms with Crippen molar-refractivity contribution in [1.29, 1.82) is 0 Å². The summed E-state index contributed by atoms with van der Waals surface area (Å²) in [4.78, 5) is 0. The fraction of sp³-hybridized carbons (Fsp3) is 0.571. The third-order valence-electron chi connectivity index (χ3n) is 3.32. The van der Waals surface area contributed by atoms with Crippen LogP contribution in [0.2, 0.25) is 0 Å². The molecule has 0 atom stereocenters. The Balaban J connectivity index is 2.35. The van der Waals surface area contributed by atoms with Crippen molar-refractivity contribution in [2.24, 2.45) is 0 Å². The second kappa shape index (κ2) is 4.62. The van der Waals surface area contributed by atoms with Crippen LogP contribution in [-0.2, 0) is 6.42 Å². The molecule has 1 saturated carbocycles. The summed E-state index contributed by atoms with van der Waals surface area (Å²) in [5.74, 6) is 1.32. The average molecular weight is 299 g/mol. The van der Waals surface area contributed by atoms with E-state index < -0.39 is 5.60 Å². The number of halogens is 1. The summed E-state index contributed by atoms with van der Waals surface area (Å²) in [6.07, 6.45) is 2.59. The maximum absolute atomic E-state index is 9.98. The van der Waals surface area contributed by atoms with Crippen molar-refractivity contribution in [2.45, 2.75) is 44.6 Å². The van der Waals surface area contributed by atoms with E-state index in [1.165, 1.54) is 11.1 Å². The zero-order valence-corrected chi connectivity index (χ0v) is 12.2. The van der Waals surface area contributed by atoms with Gasteiger partial charge in [0.15, 0.2) is 0 Å². The van der Waals surface area contributed by atoms with E-state index in [2.05, 4.69) is 41.9 Å². The minimum Gasteiger partial charge on any atom is -0.495 e. The topological polar surface area (TPSA) is 29.5 Å². The maximum Gasteiger partial charge on any atom is 0.136 e. The zero-order chi connectivity index (χ0) is 12.6. The number of benzene rings is 1. The predicted molar refractivity (Wildman–Crippen MR) is 72.7 cm³/mol. The van der Waals surface area contributed by atoms with Gasteiger partial charge in [0.25, 0.3) is 0 Å². The number of ether oxygens (including phenoxy) is 1. The standard InChI is InChI=1S/C14H19BrO2/c1-9(2)11-6-10(8-14(16)4-5-14)7-12(15)13(11)17-3/h6-7,9,16H,4-5,8H2,1-3H3. The summed E-state index contributed by atoms with van der Waals surface area (Å²) >= 11 is 3.55. The Hall–Kier alpha value is -0.540. The molecular formula is C14H19BrO2. The first-order valence-electron chi connectivity index (χ1n) is 6.04. The molecule has 0 aromatic heterocycles. The van der Waals surface area contributed by atoms with Gasteiger partial charge in [-0.15, -0.1) is 0 Å². The lowest BCUT2D eigenvalue weighted by molar-refractivity contribution is 0.151. The Kier molecular flexibility index (Phi) is 3.50. The van der Waals surface area contributed by atoms with Gasteiger partial charge in [-0.1, -0.05) is 19.9 Å². The quantitative estimate of drug-likeness (QED) is 0.919. The average Bonchev–Trinajstić information content (AvgIpc) is 2.95. The second-order valence-electron chi connectivity index (χ2n) is 5.26. The SMILES string of the molecule is COc1c(Br)cc(CC2(O)CC2)cc1C(C)C. The fourth-order valence-corrected chi connectivity index (χ4v) is 2.81. The zero-order valence-electron chi connectivity index (χ0n) is 10.6. The number of hydrogen-bond acceptors (Lipinski definition) is 2. The van der Waals surface area contributed by atoms with E-state index in [-0.39, 0.29) is 0 Å². The van der Waals surface area contributed by atoms with Crippen LogP contribution < -0.4 is 4.74 Å². The molecule has 1 aromatic carbocycles. The first-order chi connectivity index (χ1) is 7.95. The molecule has 0 amide bonds. The molecule has 0 aliphatic heterocycles. The van der Waals surface area contributed by atoms with Crippen molar-refractivity contribution in [3.63, 3.8) is 0 Å². The van der Waals surface area contributed by atoms with Gasteiger partial charge in [-0.3, -0.25) is 0 Å². The van der Waals surface area contributed by atoms with Crippen LogP contribution in [0.4, 0.5) is 0 Å². The van der Waals surface area contributed by atoms with Crippen LogP contribution in [0.1, 0.15) is 43.7 Å². The lowest BCUT2D eigenvalue weighted by atomic mass is 9.97. The minimum atomic E-state index is -0.442. The number of aliphatic hydroxyl groups is 1. The van der Waals surface area contributed by atoms with Gasteiger partial charge in [-0.2, -0.15) is 0 Å². The van der Waals surface area contributed by atoms with Gasteiger partial charge in [0, 0.05) is 6.42 Å². The third-order valence-corrected chi connectivity index (χ3v) is 3.91. The van der Waals surface area contributed by atoms with Crippen LogP contribution in [-0.4, -0.2) is 17.8 Å². The van der Waals surface area contributed by atoms with Crippen molar-refractivity contribution in [3.8, 4) is 5.75 Å². The Morgan fingerprint density at radius 2 is 2.06 bits per heavy atom. The van der Waals surface area contributed by atoms with Gasteiger partial charge in [0.05, 0.1) is 17.2 Å². The van der Waals surface area contributed by atoms with Crippen LogP contribution in [0.5, 0.6) is 5.75 Å². The van der Waals surface area contributed by atoms with E-state index in [9.17, 15) is 5.11 Å². The van der Waals surface area contributed by atoms with Crippen LogP contribution in [0.3, 0.4) is 0 Å². The molecule has 0 saturated heterocycles. The first-order valence-corrected chi connectivity index (χ1v) is 6.83. The van der Waals surface area contributed by atoms with E-state index in [4.69, 9.17) is 4.74 Å². The van der Waals surface area contributed by atoms with Crippen LogP contribution in [0.25, 0.3) is 0 Å². The van der Waals surface area contributed by atoms with Crippen LogP contribution in [0, 0.1) is 0 Å². The molecule has 1 fully saturated rings. The van der Waals surface area contributed by atoms with Gasteiger partial charge in [-0.05, 0) is 51.9 Å². The lowest BCUT2D eigenvalue weighted by Gasteiger charge is -2.17. The van der Waals surface area contributed by atoms with Gasteiger partial charge < -0.3 is 9.84 Å². The molecule has 0 heterocycles. The van der Waals surface area contributed by atoms with Crippen molar-refractivity contribution in [2.75, 3.05) is 7.11 Å². The summed E-state index contributed by atoms with van der Waals surface area (Å²) in [5, 5.41) is 9.98. The summed E-state index contributed by atoms with van der Waals surface area (Å²) in [6.45, 7) is 4.31. The molecule has 2 rings (SSSR count). The first kappa shape index (κ1) is 12.9. The van der Waals surface area contributed by atoms with Crippen LogP contribution >= 0.6 is 15.9 Å². The van der Waals surface area contributed by atoms with Crippen molar-refractivity contribution in [1.82, 2.24) is 0 Å². The Morgan fingerprint density at radius 3 is 2.53 bits per heavy atom. The Morgan fingerprint density at radius 1 is 1.41 bits per heavy atom. The smallest absolute Gasteiger partial charge is 0.136 e. The molecule has 0 bridgehead atoms. The highest BCUT2D eigenvalue weighted by Gasteiger charge is 2.40. The van der Waals surface area contributed by atoms with Gasteiger partial charge in [0.1, 0.15) is 5.75 Å². The molecule has 3 heteroatoms. The highest BCUT2D eigenvalue weighted by atomic mass is 79.9. The number of hydrogen-bond donors (Lipinski definition) is 1. The van der Waals surface area contributed by atoms with E-state index >= 15 is 0 Å². The number of rotatable bonds is 4. The third kappa shape index (κ3) is 2.83. The molecule has 0 radical (unpaired) electrons. The van der Waals surface area contributed by atoms with Gasteiger partial charge in [-0.25, -0.2) is 0 Å². The molecular weight excluding hydrogens is 280 g/mol. The van der Waals surface area contributed by atoms with E-state index in [1.54, 1.807) is 7.11 Å². The summed E-state index contributed by atoms with van der Waals surface area (Å²) in [6, 6.07) is 4.21. The molecule has 1 N–H and O–H groups in total. The molecule has 0 unspecified atom stereocenters. The summed E-state index contributed by atoms with van der Waals surface area (Å²) < 4.78 is 6.41. The monoisotopic (exact) mass is 298 g/mol. The maximum atomic E-state index is 9.98. The molecule has 94 valence electrons. The Labute approximate surface area is 111 Å². The lowest BCUT2D eigenvalue weighted by Crippen LogP contribution is -2.11. The van der Waals surface area contributed by atoms with Gasteiger partial charge >= 0.3 is 0 Å². The van der Waals surface area contributed by atoms with E-state index in [0.29, 0.717) is 5.92 Å². The van der Waals surface area contributed by atoms with E-state index in [0.717, 1.165) is 29.5 Å². The molecule has 17 heavy (non-hydrogen) atoms. The van der Waals surface area contributed by atoms with Crippen LogP contribution in [0.15, 0.2) is 16.6 Å². The highest BCUT2D eigenvalue weighted by Crippen LogP contribution is 2.41. The minimum absolute atomic E-state index is 0.412. The van der Waals surface area contributed by atoms with Crippen molar-refractivity contribution >= 4 is 15.9 Å². The second-order valence-corrected chi connectivity index (χ2v) is 6.11.